The first-order chi connectivity index (χ1) is 31.4. The zero-order valence-electron chi connectivity index (χ0n) is 34.9. The van der Waals surface area contributed by atoms with Crippen LogP contribution in [0.25, 0.3) is 21.5 Å². The number of aromatic hydroxyl groups is 2. The molecule has 2 aromatic heterocycles. The van der Waals surface area contributed by atoms with Crippen molar-refractivity contribution < 1.29 is 48.7 Å². The summed E-state index contributed by atoms with van der Waals surface area (Å²) in [5.41, 5.74) is 7.06. The minimum absolute atomic E-state index is 0. The molecule has 0 atom stereocenters. The number of hydrogen-bond acceptors (Lipinski definition) is 15. The zero-order valence-corrected chi connectivity index (χ0v) is 34.9. The highest BCUT2D eigenvalue weighted by Crippen LogP contribution is 2.40. The largest absolute Gasteiger partial charge is 0.507 e. The predicted octanol–water partition coefficient (Wildman–Crippen LogP) is 8.34. The molecule has 0 aliphatic rings. The molecule has 0 saturated carbocycles. The van der Waals surface area contributed by atoms with E-state index in [4.69, 9.17) is 20.3 Å². The maximum Gasteiger partial charge on any atom is 0.343 e. The van der Waals surface area contributed by atoms with Crippen molar-refractivity contribution in [1.29, 1.82) is 0 Å². The lowest BCUT2D eigenvalue weighted by atomic mass is 10.0. The third kappa shape index (κ3) is 11.5. The molecule has 338 valence electrons. The molecule has 0 saturated heterocycles. The summed E-state index contributed by atoms with van der Waals surface area (Å²) in [5, 5.41) is 58.9. The van der Waals surface area contributed by atoms with E-state index in [1.165, 1.54) is 19.5 Å². The van der Waals surface area contributed by atoms with Gasteiger partial charge in [-0.15, -0.1) is 10.2 Å². The van der Waals surface area contributed by atoms with Gasteiger partial charge in [0, 0.05) is 16.8 Å². The molecule has 19 nitrogen and oxygen atoms in total. The van der Waals surface area contributed by atoms with Gasteiger partial charge in [0.1, 0.15) is 40.9 Å². The molecule has 9 N–H and O–H groups in total. The first kappa shape index (κ1) is 47.9. The van der Waals surface area contributed by atoms with Crippen molar-refractivity contribution in [2.24, 2.45) is 10.2 Å². The SMILES string of the molecule is C.COC(=O)c1cn[nH]c1N.COc1ccc(NC(=O)c2cc3ccccc3c(N=Nc3[nH]ncc3C(=O)CO)c2O)cc1.COc1ccc(NC(=O)c2cc3ccccc3cc2O)cc1. The van der Waals surface area contributed by atoms with Crippen LogP contribution >= 0.6 is 0 Å². The van der Waals surface area contributed by atoms with Crippen molar-refractivity contribution in [2.45, 2.75) is 7.43 Å². The number of phenols is 2. The number of H-pyrrole nitrogens is 2. The van der Waals surface area contributed by atoms with Crippen LogP contribution in [0.2, 0.25) is 0 Å². The van der Waals surface area contributed by atoms with Gasteiger partial charge in [0.2, 0.25) is 0 Å². The molecule has 0 radical (unpaired) electrons. The summed E-state index contributed by atoms with van der Waals surface area (Å²) in [6, 6.07) is 33.2. The number of benzene rings is 6. The lowest BCUT2D eigenvalue weighted by Crippen LogP contribution is -2.12. The van der Waals surface area contributed by atoms with E-state index < -0.39 is 24.3 Å². The zero-order chi connectivity index (χ0) is 46.5. The highest BCUT2D eigenvalue weighted by molar-refractivity contribution is 6.12. The van der Waals surface area contributed by atoms with Gasteiger partial charge >= 0.3 is 5.97 Å². The number of esters is 1. The van der Waals surface area contributed by atoms with Crippen molar-refractivity contribution >= 4 is 73.8 Å². The lowest BCUT2D eigenvalue weighted by molar-refractivity contribution is 0.0601. The van der Waals surface area contributed by atoms with Gasteiger partial charge in [-0.3, -0.25) is 24.6 Å². The number of phenolic OH excluding ortho intramolecular Hbond substituents is 2. The number of aromatic amines is 2. The first-order valence-corrected chi connectivity index (χ1v) is 19.3. The van der Waals surface area contributed by atoms with Crippen molar-refractivity contribution in [3.8, 4) is 23.0 Å². The first-order valence-electron chi connectivity index (χ1n) is 19.3. The van der Waals surface area contributed by atoms with Crippen molar-refractivity contribution in [3.63, 3.8) is 0 Å². The van der Waals surface area contributed by atoms with E-state index in [-0.39, 0.29) is 64.4 Å². The number of aliphatic hydroxyl groups excluding tert-OH is 1. The molecule has 0 aliphatic heterocycles. The Morgan fingerprint density at radius 2 is 1.17 bits per heavy atom. The van der Waals surface area contributed by atoms with Crippen LogP contribution in [0, 0.1) is 0 Å². The number of azo groups is 1. The van der Waals surface area contributed by atoms with Gasteiger partial charge < -0.3 is 45.9 Å². The van der Waals surface area contributed by atoms with Gasteiger partial charge in [-0.2, -0.15) is 10.2 Å². The fraction of sp³-hybridized carbons (Fsp3) is 0.106. The maximum atomic E-state index is 12.9. The molecule has 19 heteroatoms. The number of aromatic nitrogens is 4. The Bertz CT molecular complexity index is 3000. The number of hydrogen-bond donors (Lipinski definition) is 8. The van der Waals surface area contributed by atoms with Crippen molar-refractivity contribution in [1.82, 2.24) is 20.4 Å². The minimum Gasteiger partial charge on any atom is -0.507 e. The standard InChI is InChI=1S/C23H19N5O5.C18H15NO3.C5H7N3O2.CH4/c1-33-15-8-6-14(7-9-15)25-23(32)17-10-13-4-2-3-5-16(13)20(21(17)31)26-28-22-18(11-24-27-22)19(30)12-29;1-22-15-8-6-14(7-9-15)19-18(21)16-10-12-4-2-3-5-13(12)11-17(16)20;1-10-5(9)3-2-7-8-4(3)6;/h2-11,29,31H,12H2,1H3,(H,24,27)(H,25,32);2-11,20H,1H3,(H,19,21);2H,1H3,(H3,6,7,8);1H4. The summed E-state index contributed by atoms with van der Waals surface area (Å²) in [6.07, 6.45) is 2.55. The predicted molar refractivity (Wildman–Crippen MR) is 248 cm³/mol. The molecule has 66 heavy (non-hydrogen) atoms. The van der Waals surface area contributed by atoms with Crippen LogP contribution in [0.3, 0.4) is 0 Å². The number of Topliss-reactive ketones (excluding diaryl/α,β-unsaturated/α-hetero) is 1. The highest BCUT2D eigenvalue weighted by atomic mass is 16.5. The second-order valence-electron chi connectivity index (χ2n) is 13.5. The number of amides is 2. The second-order valence-corrected chi connectivity index (χ2v) is 13.5. The fourth-order valence-corrected chi connectivity index (χ4v) is 6.06. The van der Waals surface area contributed by atoms with Crippen LogP contribution in [0.1, 0.15) is 48.9 Å². The molecular formula is C47H45N9O10. The normalized spacial score (nSPS) is 10.4. The number of carbonyl (C=O) groups is 4. The van der Waals surface area contributed by atoms with E-state index in [0.29, 0.717) is 33.6 Å². The molecule has 2 heterocycles. The summed E-state index contributed by atoms with van der Waals surface area (Å²) in [6.45, 7) is -0.711. The molecule has 0 fully saturated rings. The smallest absolute Gasteiger partial charge is 0.343 e. The van der Waals surface area contributed by atoms with Gasteiger partial charge in [0.15, 0.2) is 17.4 Å². The average Bonchev–Trinajstić information content (AvgIpc) is 4.00. The Labute approximate surface area is 376 Å². The number of rotatable bonds is 11. The number of fused-ring (bicyclic) bond motifs is 2. The number of anilines is 3. The van der Waals surface area contributed by atoms with E-state index in [9.17, 15) is 29.4 Å². The molecular weight excluding hydrogens is 851 g/mol. The van der Waals surface area contributed by atoms with Gasteiger partial charge in [-0.1, -0.05) is 56.0 Å². The summed E-state index contributed by atoms with van der Waals surface area (Å²) in [5.74, 6) is -0.773. The van der Waals surface area contributed by atoms with Crippen LogP contribution in [0.4, 0.5) is 28.7 Å². The van der Waals surface area contributed by atoms with Crippen LogP contribution in [-0.4, -0.2) is 87.2 Å². The molecule has 8 rings (SSSR count). The summed E-state index contributed by atoms with van der Waals surface area (Å²) >= 11 is 0. The maximum absolute atomic E-state index is 12.9. The Morgan fingerprint density at radius 1 is 0.652 bits per heavy atom. The molecule has 8 aromatic rings. The topological polar surface area (TPSA) is 289 Å². The number of ketones is 1. The average molecular weight is 896 g/mol. The lowest BCUT2D eigenvalue weighted by Gasteiger charge is -2.11. The molecule has 2 amide bonds. The number of carbonyl (C=O) groups excluding carboxylic acids is 4. The summed E-state index contributed by atoms with van der Waals surface area (Å²) in [4.78, 5) is 47.8. The van der Waals surface area contributed by atoms with E-state index in [0.717, 1.165) is 10.8 Å². The third-order valence-corrected chi connectivity index (χ3v) is 9.43. The van der Waals surface area contributed by atoms with E-state index in [2.05, 4.69) is 46.0 Å². The van der Waals surface area contributed by atoms with Crippen LogP contribution in [0.15, 0.2) is 138 Å². The van der Waals surface area contributed by atoms with E-state index in [1.54, 1.807) is 105 Å². The summed E-state index contributed by atoms with van der Waals surface area (Å²) in [7, 11) is 4.41. The Hall–Kier alpha value is -9.10. The number of nitrogens with zero attached hydrogens (tertiary/aromatic N) is 4. The number of nitrogens with one attached hydrogen (secondary N) is 4. The van der Waals surface area contributed by atoms with Gasteiger partial charge in [-0.05, 0) is 82.9 Å². The Balaban J connectivity index is 0.000000212. The van der Waals surface area contributed by atoms with E-state index in [1.807, 2.05) is 24.3 Å². The summed E-state index contributed by atoms with van der Waals surface area (Å²) < 4.78 is 14.6. The van der Waals surface area contributed by atoms with Crippen LogP contribution in [0.5, 0.6) is 23.0 Å². The molecule has 0 aliphatic carbocycles. The minimum atomic E-state index is -0.711. The highest BCUT2D eigenvalue weighted by Gasteiger charge is 2.20. The quantitative estimate of drug-likeness (QED) is 0.0344. The van der Waals surface area contributed by atoms with Gasteiger partial charge in [0.05, 0.1) is 50.4 Å². The Kier molecular flexibility index (Phi) is 16.2. The third-order valence-electron chi connectivity index (χ3n) is 9.43. The molecule has 0 bridgehead atoms. The fourth-order valence-electron chi connectivity index (χ4n) is 6.06. The second kappa shape index (κ2) is 22.3. The van der Waals surface area contributed by atoms with Gasteiger partial charge in [-0.25, -0.2) is 4.79 Å². The molecule has 0 unspecified atom stereocenters. The van der Waals surface area contributed by atoms with E-state index >= 15 is 0 Å². The van der Waals surface area contributed by atoms with Crippen molar-refractivity contribution in [2.75, 3.05) is 44.3 Å². The monoisotopic (exact) mass is 895 g/mol. The van der Waals surface area contributed by atoms with Crippen molar-refractivity contribution in [3.05, 3.63) is 150 Å². The molecule has 6 aromatic carbocycles. The number of methoxy groups -OCH3 is 3. The number of ether oxygens (including phenoxy) is 3. The Morgan fingerprint density at radius 3 is 1.71 bits per heavy atom. The molecule has 0 spiro atoms. The van der Waals surface area contributed by atoms with Gasteiger partial charge in [0.25, 0.3) is 11.8 Å². The number of aliphatic hydroxyl groups is 1. The number of nitrogens with two attached hydrogens (primary N) is 1. The number of nitrogen functional groups attached to an aromatic ring is 1. The van der Waals surface area contributed by atoms with Crippen LogP contribution in [-0.2, 0) is 4.74 Å². The van der Waals surface area contributed by atoms with Crippen LogP contribution < -0.4 is 25.8 Å².